The van der Waals surface area contributed by atoms with Crippen LogP contribution in [0.4, 0.5) is 5.69 Å². The summed E-state index contributed by atoms with van der Waals surface area (Å²) in [7, 11) is 0. The van der Waals surface area contributed by atoms with E-state index in [0.29, 0.717) is 17.6 Å². The van der Waals surface area contributed by atoms with Gasteiger partial charge in [-0.3, -0.25) is 19.8 Å². The Balaban J connectivity index is 0.00000225. The normalized spacial score (nSPS) is 30.1. The van der Waals surface area contributed by atoms with Gasteiger partial charge < -0.3 is 5.32 Å². The summed E-state index contributed by atoms with van der Waals surface area (Å²) in [5.41, 5.74) is 0.839. The summed E-state index contributed by atoms with van der Waals surface area (Å²) in [5.74, 6) is 2.59. The van der Waals surface area contributed by atoms with Crippen molar-refractivity contribution in [1.29, 1.82) is 0 Å². The summed E-state index contributed by atoms with van der Waals surface area (Å²) >= 11 is 0. The summed E-state index contributed by atoms with van der Waals surface area (Å²) in [6.07, 6.45) is 8.32. The van der Waals surface area contributed by atoms with Crippen LogP contribution in [0.25, 0.3) is 0 Å². The van der Waals surface area contributed by atoms with Gasteiger partial charge in [-0.05, 0) is 75.0 Å². The van der Waals surface area contributed by atoms with E-state index in [1.54, 1.807) is 0 Å². The summed E-state index contributed by atoms with van der Waals surface area (Å²) in [6, 6.07) is 5.79. The Morgan fingerprint density at radius 3 is 2.14 bits per heavy atom. The van der Waals surface area contributed by atoms with Crippen molar-refractivity contribution < 1.29 is 9.72 Å². The number of nitrogens with zero attached hydrogens (tertiary/aromatic N) is 2. The maximum Gasteiger partial charge on any atom is 0.269 e. The van der Waals surface area contributed by atoms with E-state index in [2.05, 4.69) is 17.1 Å². The molecule has 0 unspecified atom stereocenters. The highest BCUT2D eigenvalue weighted by Crippen LogP contribution is 2.57. The standard InChI is InChI=1S/C21H29N3O3.ClH/c1-2-23(21-12-15-9-16(13-21)11-17(10-15)14-21)8-7-22-20(25)18-3-5-19(6-4-18)24(26)27;/h3-6,15-17H,2,7-14H2,1H3,(H,22,25);1H. The number of nitro benzene ring substituents is 1. The number of halogens is 1. The number of benzene rings is 1. The summed E-state index contributed by atoms with van der Waals surface area (Å²) in [5, 5.41) is 13.7. The number of likely N-dealkylation sites (N-methyl/N-ethyl adjacent to an activating group) is 1. The van der Waals surface area contributed by atoms with Gasteiger partial charge in [0.25, 0.3) is 11.6 Å². The highest BCUT2D eigenvalue weighted by Gasteiger charge is 2.52. The molecule has 7 heteroatoms. The van der Waals surface area contributed by atoms with Crippen LogP contribution < -0.4 is 5.32 Å². The first-order valence-corrected chi connectivity index (χ1v) is 10.3. The molecular formula is C21H30ClN3O3. The van der Waals surface area contributed by atoms with Crippen LogP contribution in [0.2, 0.25) is 0 Å². The van der Waals surface area contributed by atoms with Crippen molar-refractivity contribution in [3.63, 3.8) is 0 Å². The van der Waals surface area contributed by atoms with Crippen molar-refractivity contribution in [2.24, 2.45) is 17.8 Å². The lowest BCUT2D eigenvalue weighted by Gasteiger charge is -2.60. The fraction of sp³-hybridized carbons (Fsp3) is 0.667. The number of carbonyl (C=O) groups is 1. The molecule has 1 aromatic rings. The monoisotopic (exact) mass is 407 g/mol. The number of amides is 1. The molecule has 4 aliphatic carbocycles. The Morgan fingerprint density at radius 1 is 1.14 bits per heavy atom. The van der Waals surface area contributed by atoms with Crippen LogP contribution >= 0.6 is 12.4 Å². The molecule has 6 nitrogen and oxygen atoms in total. The van der Waals surface area contributed by atoms with Crippen molar-refractivity contribution in [2.45, 2.75) is 51.0 Å². The highest BCUT2D eigenvalue weighted by atomic mass is 35.5. The van der Waals surface area contributed by atoms with Gasteiger partial charge in [0.15, 0.2) is 0 Å². The van der Waals surface area contributed by atoms with Crippen LogP contribution in [-0.4, -0.2) is 40.9 Å². The van der Waals surface area contributed by atoms with Crippen molar-refractivity contribution in [3.05, 3.63) is 39.9 Å². The summed E-state index contributed by atoms with van der Waals surface area (Å²) in [6.45, 7) is 4.75. The largest absolute Gasteiger partial charge is 0.351 e. The Morgan fingerprint density at radius 2 is 1.68 bits per heavy atom. The van der Waals surface area contributed by atoms with E-state index in [1.165, 1.54) is 62.8 Å². The number of non-ortho nitro benzene ring substituents is 1. The van der Waals surface area contributed by atoms with E-state index >= 15 is 0 Å². The first-order chi connectivity index (χ1) is 13.0. The zero-order valence-corrected chi connectivity index (χ0v) is 17.2. The lowest BCUT2D eigenvalue weighted by Crippen LogP contribution is -2.60. The topological polar surface area (TPSA) is 75.5 Å². The van der Waals surface area contributed by atoms with Gasteiger partial charge in [0.2, 0.25) is 0 Å². The molecule has 4 saturated carbocycles. The molecule has 0 spiro atoms. The maximum absolute atomic E-state index is 12.3. The first kappa shape index (κ1) is 21.1. The molecule has 0 atom stereocenters. The molecule has 0 aliphatic heterocycles. The molecule has 4 aliphatic rings. The molecule has 4 fully saturated rings. The second kappa shape index (κ2) is 8.37. The van der Waals surface area contributed by atoms with Gasteiger partial charge in [-0.15, -0.1) is 12.4 Å². The number of nitrogens with one attached hydrogen (secondary N) is 1. The van der Waals surface area contributed by atoms with Gasteiger partial charge in [0.1, 0.15) is 0 Å². The van der Waals surface area contributed by atoms with Gasteiger partial charge >= 0.3 is 0 Å². The lowest BCUT2D eigenvalue weighted by atomic mass is 9.52. The predicted molar refractivity (Wildman–Crippen MR) is 111 cm³/mol. The first-order valence-electron chi connectivity index (χ1n) is 10.3. The number of rotatable bonds is 7. The predicted octanol–water partition coefficient (Wildman–Crippen LogP) is 4.04. The summed E-state index contributed by atoms with van der Waals surface area (Å²) < 4.78 is 0. The molecule has 0 heterocycles. The van der Waals surface area contributed by atoms with Crippen molar-refractivity contribution in [3.8, 4) is 0 Å². The fourth-order valence-corrected chi connectivity index (χ4v) is 6.32. The van der Waals surface area contributed by atoms with Crippen LogP contribution in [0.1, 0.15) is 55.8 Å². The summed E-state index contributed by atoms with van der Waals surface area (Å²) in [4.78, 5) is 25.2. The second-order valence-corrected chi connectivity index (χ2v) is 8.78. The van der Waals surface area contributed by atoms with E-state index in [-0.39, 0.29) is 24.0 Å². The fourth-order valence-electron chi connectivity index (χ4n) is 6.32. The number of hydrogen-bond acceptors (Lipinski definition) is 4. The molecule has 4 bridgehead atoms. The van der Waals surface area contributed by atoms with Crippen LogP contribution in [0.5, 0.6) is 0 Å². The van der Waals surface area contributed by atoms with E-state index in [9.17, 15) is 14.9 Å². The SMILES string of the molecule is CCN(CCNC(=O)c1ccc([N+](=O)[O-])cc1)C12CC3CC(CC(C3)C1)C2.Cl. The number of hydrogen-bond donors (Lipinski definition) is 1. The minimum absolute atomic E-state index is 0. The Bertz CT molecular complexity index is 687. The molecule has 0 saturated heterocycles. The zero-order chi connectivity index (χ0) is 19.0. The molecule has 1 aromatic carbocycles. The van der Waals surface area contributed by atoms with Gasteiger partial charge in [0.05, 0.1) is 4.92 Å². The van der Waals surface area contributed by atoms with E-state index in [4.69, 9.17) is 0 Å². The maximum atomic E-state index is 12.3. The van der Waals surface area contributed by atoms with Crippen LogP contribution in [0.3, 0.4) is 0 Å². The molecule has 5 rings (SSSR count). The minimum atomic E-state index is -0.452. The van der Waals surface area contributed by atoms with Gasteiger partial charge in [-0.25, -0.2) is 0 Å². The molecule has 0 radical (unpaired) electrons. The smallest absolute Gasteiger partial charge is 0.269 e. The van der Waals surface area contributed by atoms with E-state index < -0.39 is 4.92 Å². The molecule has 28 heavy (non-hydrogen) atoms. The lowest BCUT2D eigenvalue weighted by molar-refractivity contribution is -0.384. The average molecular weight is 408 g/mol. The molecule has 0 aromatic heterocycles. The Hall–Kier alpha value is -1.66. The third-order valence-electron chi connectivity index (χ3n) is 7.07. The van der Waals surface area contributed by atoms with Crippen LogP contribution in [-0.2, 0) is 0 Å². The van der Waals surface area contributed by atoms with Crippen LogP contribution in [0.15, 0.2) is 24.3 Å². The van der Waals surface area contributed by atoms with E-state index in [1.807, 2.05) is 0 Å². The number of nitro groups is 1. The molecule has 1 amide bonds. The Labute approximate surface area is 172 Å². The van der Waals surface area contributed by atoms with Gasteiger partial charge in [-0.1, -0.05) is 6.92 Å². The third-order valence-corrected chi connectivity index (χ3v) is 7.07. The Kier molecular flexibility index (Phi) is 6.30. The molecule has 154 valence electrons. The highest BCUT2D eigenvalue weighted by molar-refractivity contribution is 5.94. The second-order valence-electron chi connectivity index (χ2n) is 8.78. The van der Waals surface area contributed by atoms with E-state index in [0.717, 1.165) is 30.8 Å². The number of carbonyl (C=O) groups excluding carboxylic acids is 1. The van der Waals surface area contributed by atoms with Crippen molar-refractivity contribution in [1.82, 2.24) is 10.2 Å². The average Bonchev–Trinajstić information content (AvgIpc) is 2.64. The van der Waals surface area contributed by atoms with Gasteiger partial charge in [-0.2, -0.15) is 0 Å². The van der Waals surface area contributed by atoms with Crippen molar-refractivity contribution in [2.75, 3.05) is 19.6 Å². The quantitative estimate of drug-likeness (QED) is 0.546. The van der Waals surface area contributed by atoms with Crippen LogP contribution in [0, 0.1) is 27.9 Å². The zero-order valence-electron chi connectivity index (χ0n) is 16.4. The van der Waals surface area contributed by atoms with Gasteiger partial charge in [0, 0.05) is 36.3 Å². The van der Waals surface area contributed by atoms with Crippen molar-refractivity contribution >= 4 is 24.0 Å². The third kappa shape index (κ3) is 4.03. The molecular weight excluding hydrogens is 378 g/mol. The molecule has 1 N–H and O–H groups in total. The minimum Gasteiger partial charge on any atom is -0.351 e.